The van der Waals surface area contributed by atoms with Crippen LogP contribution in [0.15, 0.2) is 29.5 Å². The molecule has 0 aromatic heterocycles. The molecule has 0 saturated heterocycles. The summed E-state index contributed by atoms with van der Waals surface area (Å²) in [5.74, 6) is 6.77. The van der Waals surface area contributed by atoms with E-state index >= 15 is 0 Å². The molecule has 0 aliphatic carbocycles. The summed E-state index contributed by atoms with van der Waals surface area (Å²) in [7, 11) is 0. The molecule has 122 valence electrons. The average molecular weight is 335 g/mol. The van der Waals surface area contributed by atoms with Gasteiger partial charge in [-0.05, 0) is 43.8 Å². The van der Waals surface area contributed by atoms with Gasteiger partial charge in [0.05, 0.1) is 18.2 Å². The van der Waals surface area contributed by atoms with Crippen LogP contribution >= 0.6 is 12.2 Å². The number of carbonyl (C=O) groups excluding carboxylic acids is 1. The van der Waals surface area contributed by atoms with Crippen LogP contribution in [-0.2, 0) is 9.53 Å². The van der Waals surface area contributed by atoms with Crippen LogP contribution in [0.4, 0.5) is 0 Å². The number of nitrogens with zero attached hydrogens (tertiary/aromatic N) is 1. The number of nitrogens with two attached hydrogens (primary N) is 1. The van der Waals surface area contributed by atoms with Gasteiger partial charge in [0.1, 0.15) is 0 Å². The molecule has 2 aliphatic rings. The fourth-order valence-corrected chi connectivity index (χ4v) is 2.83. The number of esters is 1. The van der Waals surface area contributed by atoms with Gasteiger partial charge in [-0.1, -0.05) is 6.07 Å². The molecule has 1 aromatic carbocycles. The topological polar surface area (TPSA) is 86.1 Å². The van der Waals surface area contributed by atoms with Crippen molar-refractivity contribution in [3.05, 3.63) is 35.0 Å². The maximum absolute atomic E-state index is 12.4. The maximum atomic E-state index is 12.4. The van der Waals surface area contributed by atoms with E-state index in [1.807, 2.05) is 12.1 Å². The summed E-state index contributed by atoms with van der Waals surface area (Å²) in [6.45, 7) is 3.95. The molecule has 23 heavy (non-hydrogen) atoms. The van der Waals surface area contributed by atoms with E-state index in [1.54, 1.807) is 19.9 Å². The van der Waals surface area contributed by atoms with Crippen LogP contribution in [0, 0.1) is 0 Å². The highest BCUT2D eigenvalue weighted by Crippen LogP contribution is 2.37. The zero-order valence-electron chi connectivity index (χ0n) is 12.8. The highest BCUT2D eigenvalue weighted by atomic mass is 32.1. The van der Waals surface area contributed by atoms with Crippen molar-refractivity contribution in [2.45, 2.75) is 19.9 Å². The zero-order chi connectivity index (χ0) is 16.6. The Morgan fingerprint density at radius 2 is 2.22 bits per heavy atom. The summed E-state index contributed by atoms with van der Waals surface area (Å²) in [5.41, 5.74) is 1.78. The highest BCUT2D eigenvalue weighted by Gasteiger charge is 2.34. The minimum absolute atomic E-state index is 0.186. The van der Waals surface area contributed by atoms with Crippen LogP contribution in [0.25, 0.3) is 0 Å². The molecule has 3 N–H and O–H groups in total. The number of thiocarbonyl (C=S) groups is 1. The van der Waals surface area contributed by atoms with Gasteiger partial charge in [-0.3, -0.25) is 5.01 Å². The van der Waals surface area contributed by atoms with Gasteiger partial charge in [-0.2, -0.15) is 0 Å². The quantitative estimate of drug-likeness (QED) is 0.486. The third-order valence-corrected chi connectivity index (χ3v) is 4.07. The van der Waals surface area contributed by atoms with Crippen molar-refractivity contribution in [3.8, 4) is 11.5 Å². The van der Waals surface area contributed by atoms with Gasteiger partial charge >= 0.3 is 5.97 Å². The second-order valence-corrected chi connectivity index (χ2v) is 5.47. The lowest BCUT2D eigenvalue weighted by molar-refractivity contribution is -0.139. The minimum Gasteiger partial charge on any atom is -0.463 e. The Balaban J connectivity index is 2.04. The molecule has 3 rings (SSSR count). The molecule has 2 heterocycles. The number of ether oxygens (including phenoxy) is 3. The number of allylic oxidation sites excluding steroid dienone is 1. The van der Waals surface area contributed by atoms with E-state index in [0.717, 1.165) is 5.56 Å². The number of rotatable bonds is 3. The van der Waals surface area contributed by atoms with Gasteiger partial charge in [0.15, 0.2) is 16.6 Å². The molecule has 0 amide bonds. The molecule has 1 atom stereocenters. The highest BCUT2D eigenvalue weighted by molar-refractivity contribution is 7.80. The lowest BCUT2D eigenvalue weighted by Gasteiger charge is -2.34. The molecule has 0 bridgehead atoms. The predicted octanol–water partition coefficient (Wildman–Crippen LogP) is 1.36. The first-order valence-corrected chi connectivity index (χ1v) is 7.56. The van der Waals surface area contributed by atoms with Crippen LogP contribution in [0.3, 0.4) is 0 Å². The molecule has 1 aromatic rings. The van der Waals surface area contributed by atoms with Crippen molar-refractivity contribution in [2.75, 3.05) is 13.4 Å². The second-order valence-electron chi connectivity index (χ2n) is 5.08. The normalized spacial score (nSPS) is 19.7. The molecule has 8 heteroatoms. The van der Waals surface area contributed by atoms with Crippen molar-refractivity contribution in [3.63, 3.8) is 0 Å². The van der Waals surface area contributed by atoms with E-state index in [4.69, 9.17) is 32.3 Å². The monoisotopic (exact) mass is 335 g/mol. The standard InChI is InChI=1S/C15H17N3O4S/c1-3-20-14(19)12-8(2)18(16)15(23)17-13(12)9-4-5-10-11(6-9)22-7-21-10/h4-6,13H,3,7,16H2,1-2H3,(H,17,23). The first kappa shape index (κ1) is 15.6. The lowest BCUT2D eigenvalue weighted by Crippen LogP contribution is -2.50. The molecular weight excluding hydrogens is 318 g/mol. The minimum atomic E-state index is -0.462. The summed E-state index contributed by atoms with van der Waals surface area (Å²) in [4.78, 5) is 12.4. The molecule has 0 saturated carbocycles. The summed E-state index contributed by atoms with van der Waals surface area (Å²) in [5, 5.41) is 4.67. The fraction of sp³-hybridized carbons (Fsp3) is 0.333. The van der Waals surface area contributed by atoms with Crippen molar-refractivity contribution in [2.24, 2.45) is 5.84 Å². The fourth-order valence-electron chi connectivity index (χ4n) is 2.57. The first-order chi connectivity index (χ1) is 11.0. The third-order valence-electron chi connectivity index (χ3n) is 3.75. The van der Waals surface area contributed by atoms with Gasteiger partial charge < -0.3 is 19.5 Å². The van der Waals surface area contributed by atoms with Crippen LogP contribution in [0.2, 0.25) is 0 Å². The Labute approximate surface area is 138 Å². The molecule has 1 unspecified atom stereocenters. The Hall–Kier alpha value is -2.32. The van der Waals surface area contributed by atoms with Gasteiger partial charge in [0, 0.05) is 5.70 Å². The first-order valence-electron chi connectivity index (χ1n) is 7.15. The molecule has 0 spiro atoms. The Morgan fingerprint density at radius 3 is 2.96 bits per heavy atom. The smallest absolute Gasteiger partial charge is 0.338 e. The molecular formula is C15H17N3O4S. The number of hydrogen-bond donors (Lipinski definition) is 2. The van der Waals surface area contributed by atoms with E-state index in [-0.39, 0.29) is 13.4 Å². The number of hydrogen-bond acceptors (Lipinski definition) is 6. The second kappa shape index (κ2) is 6.05. The number of nitrogens with one attached hydrogen (secondary N) is 1. The Kier molecular flexibility index (Phi) is 4.10. The van der Waals surface area contributed by atoms with E-state index in [9.17, 15) is 4.79 Å². The van der Waals surface area contributed by atoms with E-state index in [0.29, 0.717) is 27.9 Å². The van der Waals surface area contributed by atoms with Crippen LogP contribution in [0.1, 0.15) is 25.5 Å². The van der Waals surface area contributed by atoms with E-state index in [1.165, 1.54) is 5.01 Å². The van der Waals surface area contributed by atoms with Gasteiger partial charge in [0.2, 0.25) is 6.79 Å². The maximum Gasteiger partial charge on any atom is 0.338 e. The summed E-state index contributed by atoms with van der Waals surface area (Å²) in [6.07, 6.45) is 0. The molecule has 7 nitrogen and oxygen atoms in total. The van der Waals surface area contributed by atoms with Crippen LogP contribution in [-0.4, -0.2) is 29.5 Å². The van der Waals surface area contributed by atoms with E-state index < -0.39 is 12.0 Å². The SMILES string of the molecule is CCOC(=O)C1=C(C)N(N)C(=S)NC1c1ccc2c(c1)OCO2. The van der Waals surface area contributed by atoms with Gasteiger partial charge in [0.25, 0.3) is 0 Å². The summed E-state index contributed by atoms with van der Waals surface area (Å²) >= 11 is 5.23. The van der Waals surface area contributed by atoms with Crippen molar-refractivity contribution < 1.29 is 19.0 Å². The summed E-state index contributed by atoms with van der Waals surface area (Å²) in [6, 6.07) is 5.01. The van der Waals surface area contributed by atoms with Crippen LogP contribution in [0.5, 0.6) is 11.5 Å². The molecule has 2 aliphatic heterocycles. The lowest BCUT2D eigenvalue weighted by atomic mass is 9.95. The largest absolute Gasteiger partial charge is 0.463 e. The Morgan fingerprint density at radius 1 is 1.48 bits per heavy atom. The Bertz CT molecular complexity index is 704. The van der Waals surface area contributed by atoms with Crippen LogP contribution < -0.4 is 20.6 Å². The summed E-state index contributed by atoms with van der Waals surface area (Å²) < 4.78 is 15.9. The number of benzene rings is 1. The number of fused-ring (bicyclic) bond motifs is 1. The van der Waals surface area contributed by atoms with Gasteiger partial charge in [-0.15, -0.1) is 0 Å². The van der Waals surface area contributed by atoms with Crippen molar-refractivity contribution >= 4 is 23.3 Å². The molecule has 0 fully saturated rings. The zero-order valence-corrected chi connectivity index (χ0v) is 13.6. The van der Waals surface area contributed by atoms with Crippen molar-refractivity contribution in [1.29, 1.82) is 0 Å². The average Bonchev–Trinajstić information content (AvgIpc) is 2.99. The van der Waals surface area contributed by atoms with E-state index in [2.05, 4.69) is 5.32 Å². The number of hydrazine groups is 1. The molecule has 0 radical (unpaired) electrons. The van der Waals surface area contributed by atoms with Crippen molar-refractivity contribution in [1.82, 2.24) is 10.3 Å². The predicted molar refractivity (Wildman–Crippen MR) is 86.4 cm³/mol. The number of carbonyl (C=O) groups is 1. The third kappa shape index (κ3) is 2.71. The van der Waals surface area contributed by atoms with Gasteiger partial charge in [-0.25, -0.2) is 10.6 Å².